The molecule has 0 aromatic heterocycles. The summed E-state index contributed by atoms with van der Waals surface area (Å²) in [6.45, 7) is -2.84. The summed E-state index contributed by atoms with van der Waals surface area (Å²) in [4.78, 5) is 0. The summed E-state index contributed by atoms with van der Waals surface area (Å²) in [6.07, 6.45) is 2.11. The van der Waals surface area contributed by atoms with Crippen molar-refractivity contribution in [3.05, 3.63) is 24.3 Å². The highest BCUT2D eigenvalue weighted by atomic mass is 19.3. The molecule has 1 aliphatic rings. The molecule has 0 saturated heterocycles. The Labute approximate surface area is 80.4 Å². The number of hydrogen-bond donors (Lipinski definition) is 0. The summed E-state index contributed by atoms with van der Waals surface area (Å²) >= 11 is 0. The van der Waals surface area contributed by atoms with Crippen LogP contribution < -0.4 is 9.47 Å². The predicted molar refractivity (Wildman–Crippen MR) is 45.6 cm³/mol. The van der Waals surface area contributed by atoms with Crippen LogP contribution in [0.4, 0.5) is 8.78 Å². The van der Waals surface area contributed by atoms with Gasteiger partial charge in [0.15, 0.2) is 11.5 Å². The van der Waals surface area contributed by atoms with Crippen molar-refractivity contribution in [1.82, 2.24) is 0 Å². The van der Waals surface area contributed by atoms with Crippen molar-refractivity contribution in [2.75, 3.05) is 0 Å². The largest absolute Gasteiger partial charge is 0.487 e. The number of hydrogen-bond acceptors (Lipinski definition) is 2. The van der Waals surface area contributed by atoms with E-state index in [9.17, 15) is 8.78 Å². The molecule has 0 aliphatic heterocycles. The Morgan fingerprint density at radius 1 is 1.43 bits per heavy atom. The predicted octanol–water partition coefficient (Wildman–Crippen LogP) is 2.63. The first-order valence-electron chi connectivity index (χ1n) is 4.38. The molecule has 1 radical (unpaired) electrons. The van der Waals surface area contributed by atoms with Gasteiger partial charge < -0.3 is 9.47 Å². The average Bonchev–Trinajstić information content (AvgIpc) is 2.91. The normalized spacial score (nSPS) is 15.6. The molecule has 1 aliphatic carbocycles. The fourth-order valence-corrected chi connectivity index (χ4v) is 1.05. The molecule has 0 spiro atoms. The van der Waals surface area contributed by atoms with Crippen LogP contribution in [-0.2, 0) is 0 Å². The van der Waals surface area contributed by atoms with E-state index < -0.39 is 6.61 Å². The molecule has 2 rings (SSSR count). The third kappa shape index (κ3) is 2.34. The Balaban J connectivity index is 2.10. The lowest BCUT2D eigenvalue weighted by Gasteiger charge is -2.10. The lowest BCUT2D eigenvalue weighted by atomic mass is 10.3. The topological polar surface area (TPSA) is 18.5 Å². The third-order valence-electron chi connectivity index (χ3n) is 1.81. The fraction of sp³-hybridized carbons (Fsp3) is 0.400. The van der Waals surface area contributed by atoms with Crippen LogP contribution in [0.1, 0.15) is 12.8 Å². The van der Waals surface area contributed by atoms with E-state index in [2.05, 4.69) is 10.8 Å². The Morgan fingerprint density at radius 3 is 2.86 bits per heavy atom. The number of benzene rings is 1. The van der Waals surface area contributed by atoms with Crippen molar-refractivity contribution in [3.8, 4) is 11.5 Å². The minimum atomic E-state index is -2.84. The molecule has 0 bridgehead atoms. The van der Waals surface area contributed by atoms with Gasteiger partial charge in [-0.2, -0.15) is 8.78 Å². The highest BCUT2D eigenvalue weighted by Gasteiger charge is 2.25. The first-order valence-corrected chi connectivity index (χ1v) is 4.38. The molecule has 0 atom stereocenters. The quantitative estimate of drug-likeness (QED) is 0.742. The van der Waals surface area contributed by atoms with Crippen LogP contribution in [0.2, 0.25) is 0 Å². The molecule has 0 heterocycles. The van der Waals surface area contributed by atoms with Gasteiger partial charge in [0.2, 0.25) is 0 Å². The van der Waals surface area contributed by atoms with E-state index in [-0.39, 0.29) is 11.9 Å². The van der Waals surface area contributed by atoms with Gasteiger partial charge in [-0.25, -0.2) is 0 Å². The maximum atomic E-state index is 12.0. The third-order valence-corrected chi connectivity index (χ3v) is 1.81. The van der Waals surface area contributed by atoms with E-state index >= 15 is 0 Å². The fourth-order valence-electron chi connectivity index (χ4n) is 1.05. The Hall–Kier alpha value is -1.32. The number of halogens is 2. The Kier molecular flexibility index (Phi) is 2.52. The monoisotopic (exact) mass is 199 g/mol. The molecule has 0 amide bonds. The van der Waals surface area contributed by atoms with E-state index in [0.29, 0.717) is 5.75 Å². The lowest BCUT2D eigenvalue weighted by Crippen LogP contribution is -2.05. The summed E-state index contributed by atoms with van der Waals surface area (Å²) < 4.78 is 33.5. The maximum Gasteiger partial charge on any atom is 0.387 e. The van der Waals surface area contributed by atoms with E-state index in [1.54, 1.807) is 12.1 Å². The van der Waals surface area contributed by atoms with Crippen LogP contribution in [-0.4, -0.2) is 12.7 Å². The van der Waals surface area contributed by atoms with Crippen LogP contribution in [0.3, 0.4) is 0 Å². The van der Waals surface area contributed by atoms with E-state index in [1.807, 2.05) is 0 Å². The summed E-state index contributed by atoms with van der Waals surface area (Å²) in [5.74, 6) is 0.324. The second-order valence-electron chi connectivity index (χ2n) is 3.06. The average molecular weight is 199 g/mol. The van der Waals surface area contributed by atoms with Crippen LogP contribution in [0.15, 0.2) is 18.2 Å². The molecular weight excluding hydrogens is 190 g/mol. The summed E-state index contributed by atoms with van der Waals surface area (Å²) in [5.41, 5.74) is 0. The van der Waals surface area contributed by atoms with Crippen LogP contribution in [0.25, 0.3) is 0 Å². The van der Waals surface area contributed by atoms with Gasteiger partial charge >= 0.3 is 6.61 Å². The van der Waals surface area contributed by atoms with Crippen LogP contribution in [0.5, 0.6) is 11.5 Å². The molecule has 4 heteroatoms. The van der Waals surface area contributed by atoms with Crippen molar-refractivity contribution >= 4 is 0 Å². The highest BCUT2D eigenvalue weighted by Crippen LogP contribution is 2.33. The van der Waals surface area contributed by atoms with E-state index in [1.165, 1.54) is 6.07 Å². The molecule has 2 nitrogen and oxygen atoms in total. The Bertz CT molecular complexity index is 288. The minimum absolute atomic E-state index is 0.0191. The minimum Gasteiger partial charge on any atom is -0.487 e. The van der Waals surface area contributed by atoms with E-state index in [0.717, 1.165) is 12.8 Å². The molecule has 1 saturated carbocycles. The van der Waals surface area contributed by atoms with Crippen molar-refractivity contribution < 1.29 is 18.3 Å². The SMILES string of the molecule is FC(F)Oc1[c]cccc1OC1CC1. The van der Waals surface area contributed by atoms with Gasteiger partial charge in [0.25, 0.3) is 0 Å². The molecule has 1 fully saturated rings. The van der Waals surface area contributed by atoms with Gasteiger partial charge in [0.05, 0.1) is 6.10 Å². The molecular formula is C10H9F2O2. The summed E-state index contributed by atoms with van der Waals surface area (Å²) in [6, 6.07) is 7.37. The number of rotatable bonds is 4. The zero-order valence-corrected chi connectivity index (χ0v) is 7.37. The summed E-state index contributed by atoms with van der Waals surface area (Å²) in [7, 11) is 0. The van der Waals surface area contributed by atoms with Gasteiger partial charge in [0.1, 0.15) is 0 Å². The molecule has 14 heavy (non-hydrogen) atoms. The van der Waals surface area contributed by atoms with Crippen LogP contribution in [0, 0.1) is 6.07 Å². The summed E-state index contributed by atoms with van der Waals surface area (Å²) in [5, 5.41) is 0. The molecule has 1 aromatic rings. The lowest BCUT2D eigenvalue weighted by molar-refractivity contribution is -0.0517. The molecule has 0 N–H and O–H groups in total. The van der Waals surface area contributed by atoms with Crippen molar-refractivity contribution in [3.63, 3.8) is 0 Å². The van der Waals surface area contributed by atoms with Gasteiger partial charge in [-0.1, -0.05) is 12.1 Å². The van der Waals surface area contributed by atoms with Crippen LogP contribution >= 0.6 is 0 Å². The second kappa shape index (κ2) is 3.82. The first-order chi connectivity index (χ1) is 6.75. The molecule has 1 aromatic carbocycles. The standard InChI is InChI=1S/C10H9F2O2/c11-10(12)14-9-4-2-1-3-8(9)13-7-5-6-7/h1-3,7,10H,5-6H2. The van der Waals surface area contributed by atoms with Gasteiger partial charge in [-0.05, 0) is 18.9 Å². The van der Waals surface area contributed by atoms with Gasteiger partial charge in [-0.3, -0.25) is 0 Å². The second-order valence-corrected chi connectivity index (χ2v) is 3.06. The van der Waals surface area contributed by atoms with Crippen molar-refractivity contribution in [2.24, 2.45) is 0 Å². The first kappa shape index (κ1) is 9.24. The number of ether oxygens (including phenoxy) is 2. The highest BCUT2D eigenvalue weighted by molar-refractivity contribution is 5.38. The molecule has 0 unspecified atom stereocenters. The zero-order chi connectivity index (χ0) is 9.97. The van der Waals surface area contributed by atoms with Gasteiger partial charge in [-0.15, -0.1) is 0 Å². The van der Waals surface area contributed by atoms with Crippen molar-refractivity contribution in [1.29, 1.82) is 0 Å². The van der Waals surface area contributed by atoms with E-state index in [4.69, 9.17) is 4.74 Å². The smallest absolute Gasteiger partial charge is 0.387 e. The van der Waals surface area contributed by atoms with Crippen molar-refractivity contribution in [2.45, 2.75) is 25.6 Å². The number of alkyl halides is 2. The zero-order valence-electron chi connectivity index (χ0n) is 7.37. The number of para-hydroxylation sites is 1. The molecule has 75 valence electrons. The maximum absolute atomic E-state index is 12.0. The van der Waals surface area contributed by atoms with Gasteiger partial charge in [0, 0.05) is 6.07 Å². The Morgan fingerprint density at radius 2 is 2.21 bits per heavy atom.